The number of nitrogens with one attached hydrogen (secondary N) is 1. The van der Waals surface area contributed by atoms with Gasteiger partial charge in [-0.15, -0.1) is 0 Å². The van der Waals surface area contributed by atoms with Gasteiger partial charge in [-0.3, -0.25) is 14.3 Å². The lowest BCUT2D eigenvalue weighted by atomic mass is 10.1. The fourth-order valence-corrected chi connectivity index (χ4v) is 3.55. The number of rotatable bonds is 7. The number of aryl methyl sites for hydroxylation is 2. The summed E-state index contributed by atoms with van der Waals surface area (Å²) in [6, 6.07) is 4.98. The van der Waals surface area contributed by atoms with Gasteiger partial charge in [0, 0.05) is 25.7 Å². The summed E-state index contributed by atoms with van der Waals surface area (Å²) in [5, 5.41) is 7.24. The van der Waals surface area contributed by atoms with Crippen LogP contribution in [0.5, 0.6) is 11.5 Å². The number of aromatic nitrogens is 2. The van der Waals surface area contributed by atoms with E-state index in [1.165, 1.54) is 6.42 Å². The third kappa shape index (κ3) is 4.93. The molecule has 0 bridgehead atoms. The number of amides is 2. The number of carbonyl (C=O) groups excluding carboxylic acids is 2. The van der Waals surface area contributed by atoms with E-state index < -0.39 is 0 Å². The molecule has 1 aliphatic rings. The van der Waals surface area contributed by atoms with Gasteiger partial charge in [-0.05, 0) is 58.2 Å². The SMILES string of the molecule is CCOc1cc(C(=O)Nc2c(C)nn(C)c2C)ccc1OCC(=O)N1CCCCC1. The van der Waals surface area contributed by atoms with Crippen LogP contribution < -0.4 is 14.8 Å². The Bertz CT molecular complexity index is 916. The number of nitrogens with zero attached hydrogens (tertiary/aromatic N) is 3. The predicted octanol–water partition coefficient (Wildman–Crippen LogP) is 3.08. The van der Waals surface area contributed by atoms with Crippen molar-refractivity contribution in [2.24, 2.45) is 7.05 Å². The van der Waals surface area contributed by atoms with Gasteiger partial charge in [0.05, 0.1) is 23.7 Å². The molecule has 1 aromatic carbocycles. The maximum absolute atomic E-state index is 12.8. The molecule has 2 amide bonds. The Balaban J connectivity index is 1.70. The van der Waals surface area contributed by atoms with Gasteiger partial charge in [0.15, 0.2) is 18.1 Å². The van der Waals surface area contributed by atoms with Crippen molar-refractivity contribution >= 4 is 17.5 Å². The highest BCUT2D eigenvalue weighted by Crippen LogP contribution is 2.29. The first kappa shape index (κ1) is 21.7. The van der Waals surface area contributed by atoms with Crippen molar-refractivity contribution in [3.63, 3.8) is 0 Å². The number of piperidine rings is 1. The van der Waals surface area contributed by atoms with Gasteiger partial charge in [0.1, 0.15) is 0 Å². The summed E-state index contributed by atoms with van der Waals surface area (Å²) in [6.45, 7) is 7.56. The predicted molar refractivity (Wildman–Crippen MR) is 114 cm³/mol. The first-order valence-corrected chi connectivity index (χ1v) is 10.4. The largest absolute Gasteiger partial charge is 0.490 e. The zero-order valence-electron chi connectivity index (χ0n) is 18.2. The van der Waals surface area contributed by atoms with Gasteiger partial charge in [-0.2, -0.15) is 5.10 Å². The Hall–Kier alpha value is -3.03. The van der Waals surface area contributed by atoms with E-state index >= 15 is 0 Å². The fraction of sp³-hybridized carbons (Fsp3) is 0.500. The normalized spacial score (nSPS) is 13.8. The molecule has 1 aromatic heterocycles. The Morgan fingerprint density at radius 2 is 1.83 bits per heavy atom. The van der Waals surface area contributed by atoms with Gasteiger partial charge >= 0.3 is 0 Å². The maximum atomic E-state index is 12.8. The molecule has 0 radical (unpaired) electrons. The minimum Gasteiger partial charge on any atom is -0.490 e. The van der Waals surface area contributed by atoms with Crippen LogP contribution in [0.2, 0.25) is 0 Å². The number of hydrogen-bond donors (Lipinski definition) is 1. The summed E-state index contributed by atoms with van der Waals surface area (Å²) in [5.74, 6) is 0.608. The van der Waals surface area contributed by atoms with E-state index in [-0.39, 0.29) is 18.4 Å². The monoisotopic (exact) mass is 414 g/mol. The van der Waals surface area contributed by atoms with Crippen molar-refractivity contribution in [2.75, 3.05) is 31.6 Å². The fourth-order valence-electron chi connectivity index (χ4n) is 3.55. The molecule has 30 heavy (non-hydrogen) atoms. The molecule has 0 spiro atoms. The van der Waals surface area contributed by atoms with Crippen LogP contribution in [-0.4, -0.2) is 52.8 Å². The summed E-state index contributed by atoms with van der Waals surface area (Å²) >= 11 is 0. The van der Waals surface area contributed by atoms with E-state index in [9.17, 15) is 9.59 Å². The van der Waals surface area contributed by atoms with Crippen molar-refractivity contribution in [2.45, 2.75) is 40.0 Å². The first-order valence-electron chi connectivity index (χ1n) is 10.4. The standard InChI is InChI=1S/C22H30N4O4/c1-5-29-19-13-17(22(28)23-21-15(2)24-25(4)16(21)3)9-10-18(19)30-14-20(27)26-11-7-6-8-12-26/h9-10,13H,5-8,11-12,14H2,1-4H3,(H,23,28). The first-order chi connectivity index (χ1) is 14.4. The number of carbonyl (C=O) groups is 2. The van der Waals surface area contributed by atoms with Crippen molar-refractivity contribution in [1.29, 1.82) is 0 Å². The Labute approximate surface area is 177 Å². The smallest absolute Gasteiger partial charge is 0.260 e. The molecule has 3 rings (SSSR count). The van der Waals surface area contributed by atoms with Crippen molar-refractivity contribution in [3.8, 4) is 11.5 Å². The highest BCUT2D eigenvalue weighted by molar-refractivity contribution is 6.05. The van der Waals surface area contributed by atoms with Crippen LogP contribution in [0.3, 0.4) is 0 Å². The van der Waals surface area contributed by atoms with E-state index in [2.05, 4.69) is 10.4 Å². The Morgan fingerprint density at radius 3 is 2.47 bits per heavy atom. The van der Waals surface area contributed by atoms with Crippen LogP contribution in [0.4, 0.5) is 5.69 Å². The quantitative estimate of drug-likeness (QED) is 0.753. The van der Waals surface area contributed by atoms with E-state index in [1.54, 1.807) is 22.9 Å². The molecule has 1 saturated heterocycles. The van der Waals surface area contributed by atoms with Crippen LogP contribution in [0.1, 0.15) is 47.9 Å². The molecule has 0 unspecified atom stereocenters. The molecule has 2 aromatic rings. The number of likely N-dealkylation sites (tertiary alicyclic amines) is 1. The molecular weight excluding hydrogens is 384 g/mol. The second-order valence-electron chi connectivity index (χ2n) is 7.45. The molecule has 1 fully saturated rings. The zero-order valence-corrected chi connectivity index (χ0v) is 18.2. The molecule has 0 atom stereocenters. The molecular formula is C22H30N4O4. The third-order valence-corrected chi connectivity index (χ3v) is 5.31. The number of ether oxygens (including phenoxy) is 2. The van der Waals surface area contributed by atoms with E-state index in [0.717, 1.165) is 37.3 Å². The van der Waals surface area contributed by atoms with Crippen molar-refractivity contribution in [1.82, 2.24) is 14.7 Å². The van der Waals surface area contributed by atoms with Gasteiger partial charge in [-0.25, -0.2) is 0 Å². The van der Waals surface area contributed by atoms with Gasteiger partial charge < -0.3 is 19.7 Å². The van der Waals surface area contributed by atoms with Crippen LogP contribution in [0, 0.1) is 13.8 Å². The minimum absolute atomic E-state index is 0.0264. The van der Waals surface area contributed by atoms with Gasteiger partial charge in [0.2, 0.25) is 0 Å². The van der Waals surface area contributed by atoms with Crippen molar-refractivity contribution < 1.29 is 19.1 Å². The third-order valence-electron chi connectivity index (χ3n) is 5.31. The van der Waals surface area contributed by atoms with E-state index in [1.807, 2.05) is 32.7 Å². The molecule has 8 heteroatoms. The Kier molecular flexibility index (Phi) is 6.97. The average Bonchev–Trinajstić information content (AvgIpc) is 2.99. The van der Waals surface area contributed by atoms with Crippen LogP contribution in [0.15, 0.2) is 18.2 Å². The summed E-state index contributed by atoms with van der Waals surface area (Å²) in [6.07, 6.45) is 3.24. The van der Waals surface area contributed by atoms with Gasteiger partial charge in [0.25, 0.3) is 11.8 Å². The minimum atomic E-state index is -0.258. The molecule has 0 saturated carbocycles. The summed E-state index contributed by atoms with van der Waals surface area (Å²) in [4.78, 5) is 27.0. The average molecular weight is 415 g/mol. The second-order valence-corrected chi connectivity index (χ2v) is 7.45. The molecule has 0 aliphatic carbocycles. The van der Waals surface area contributed by atoms with Gasteiger partial charge in [-0.1, -0.05) is 0 Å². The lowest BCUT2D eigenvalue weighted by Gasteiger charge is -2.26. The van der Waals surface area contributed by atoms with E-state index in [4.69, 9.17) is 9.47 Å². The maximum Gasteiger partial charge on any atom is 0.260 e. The molecule has 1 aliphatic heterocycles. The molecule has 162 valence electrons. The highest BCUT2D eigenvalue weighted by atomic mass is 16.5. The molecule has 8 nitrogen and oxygen atoms in total. The lowest BCUT2D eigenvalue weighted by molar-refractivity contribution is -0.134. The number of hydrogen-bond acceptors (Lipinski definition) is 5. The van der Waals surface area contributed by atoms with Crippen LogP contribution in [0.25, 0.3) is 0 Å². The topological polar surface area (TPSA) is 85.7 Å². The molecule has 1 N–H and O–H groups in total. The summed E-state index contributed by atoms with van der Waals surface area (Å²) in [7, 11) is 1.84. The summed E-state index contributed by atoms with van der Waals surface area (Å²) in [5.41, 5.74) is 2.77. The highest BCUT2D eigenvalue weighted by Gasteiger charge is 2.19. The number of anilines is 1. The summed E-state index contributed by atoms with van der Waals surface area (Å²) < 4.78 is 13.1. The Morgan fingerprint density at radius 1 is 1.10 bits per heavy atom. The number of benzene rings is 1. The molecule has 2 heterocycles. The second kappa shape index (κ2) is 9.65. The van der Waals surface area contributed by atoms with E-state index in [0.29, 0.717) is 29.4 Å². The lowest BCUT2D eigenvalue weighted by Crippen LogP contribution is -2.38. The zero-order chi connectivity index (χ0) is 21.7. The van der Waals surface area contributed by atoms with Crippen LogP contribution >= 0.6 is 0 Å². The van der Waals surface area contributed by atoms with Crippen LogP contribution in [-0.2, 0) is 11.8 Å². The van der Waals surface area contributed by atoms with Crippen molar-refractivity contribution in [3.05, 3.63) is 35.2 Å².